The van der Waals surface area contributed by atoms with E-state index < -0.39 is 271 Å². The standard InChI is InChI=1S/C82H90Cl3FN14O26/c1-32(2)19-47(88-6)73(113)96-64-66(108)37-9-13-51(44(84)23-37)122-53-25-39-26-54(70(53)126-80-71(69(111)68(110)55(31-101)124-80)125-59-30-82(5,72(112)33(3)121-59)89-16-18-100-17-15-57(92-81(100)120)91-58(107)21-35-7-11-43(83)46(86)20-35)123-52-14-10-38(24-45(52)85)67(109)65-78(118)95-63(79(119)99-98-34(4)102)42-27-40(103)28-50(105)60(42)41-22-36(8-12-49(41)104)61(75(115)97-65)94-76(116)62(39)93-74(114)48(29-56(87)106)90-77(64)117/h7-15,17,20,22-28,32-33,47-48,55,59,61-69,71-72,80,88-89,101,103-105,108-112H,16,18-19,21,29-31H2,1-6H3,(H2,87,106)(H,90,117)(H,93,114)(H,94,116)(H,95,118)(H,96,113)(H,97,115)(H,98,102)(H,99,119)(H,91,92,107,120)/t33?,47?,48?,55?,59?,61?,62?,63-,64?,65?,66?,67?,68?,69?,71?,72?,80?,82-/m1/s1. The van der Waals surface area contributed by atoms with Gasteiger partial charge in [-0.1, -0.05) is 72.9 Å². The molecule has 2 saturated heterocycles. The molecule has 22 N–H and O–H groups in total. The van der Waals surface area contributed by atoms with E-state index in [9.17, 15) is 79.1 Å². The van der Waals surface area contributed by atoms with Gasteiger partial charge in [0.1, 0.15) is 107 Å². The van der Waals surface area contributed by atoms with Gasteiger partial charge in [0.15, 0.2) is 23.9 Å². The van der Waals surface area contributed by atoms with Crippen LogP contribution in [0.2, 0.25) is 15.1 Å². The zero-order valence-electron chi connectivity index (χ0n) is 67.7. The molecule has 16 unspecified atom stereocenters. The lowest BCUT2D eigenvalue weighted by molar-refractivity contribution is -0.334. The van der Waals surface area contributed by atoms with E-state index in [1.807, 2.05) is 0 Å². The summed E-state index contributed by atoms with van der Waals surface area (Å²) in [7, 11) is 1.46. The Labute approximate surface area is 730 Å². The number of carbonyl (C=O) groups is 10. The Kier molecular flexibility index (Phi) is 29.1. The van der Waals surface area contributed by atoms with Crippen molar-refractivity contribution in [3.63, 3.8) is 0 Å². The number of aromatic hydroxyl groups is 3. The number of carbonyl (C=O) groups excluding carboxylic acids is 10. The molecule has 10 amide bonds. The van der Waals surface area contributed by atoms with E-state index in [1.54, 1.807) is 20.8 Å². The van der Waals surface area contributed by atoms with Crippen LogP contribution in [0.1, 0.15) is 118 Å². The fraction of sp³-hybridized carbons (Fsp3) is 0.390. The summed E-state index contributed by atoms with van der Waals surface area (Å²) >= 11 is 20.1. The van der Waals surface area contributed by atoms with Crippen molar-refractivity contribution in [2.45, 2.75) is 176 Å². The van der Waals surface area contributed by atoms with E-state index in [4.69, 9.17) is 69.0 Å². The predicted molar refractivity (Wildman–Crippen MR) is 440 cm³/mol. The van der Waals surface area contributed by atoms with Gasteiger partial charge < -0.3 is 128 Å². The lowest BCUT2D eigenvalue weighted by atomic mass is 9.85. The van der Waals surface area contributed by atoms with Crippen molar-refractivity contribution in [2.24, 2.45) is 11.7 Å². The SMILES string of the molecule is CNC(CC(C)C)C(=O)NC1C(=O)NC(CC(N)=O)C(=O)NC2C(=O)NC3C(=O)NC(C(=O)N[C@@H](C(=O)NNC(C)=O)c4cc(O)cc(O)c4-c4cc3ccc4O)C(O)c3ccc(c(Cl)c3)Oc3cc2cc(c3OC2OC(CO)C(O)C(O)C2OC2C[C@@](C)(NCCn3ccc(NC(=O)Cc4ccc(Cl)c(F)c4)nc3=O)C(O)C(C)O2)Oc2ccc(cc2Cl)C1O. The number of nitrogens with one attached hydrogen (secondary N) is 11. The Bertz CT molecular complexity index is 5470. The Balaban J connectivity index is 1.000. The summed E-state index contributed by atoms with van der Waals surface area (Å²) in [4.78, 5) is 162. The average molecular weight is 1810 g/mol. The highest BCUT2D eigenvalue weighted by atomic mass is 35.5. The summed E-state index contributed by atoms with van der Waals surface area (Å²) in [5, 5.41) is 129. The minimum atomic E-state index is -2.42. The molecule has 18 atom stereocenters. The van der Waals surface area contributed by atoms with E-state index in [-0.39, 0.29) is 65.8 Å². The van der Waals surface area contributed by atoms with Gasteiger partial charge in [0, 0.05) is 55.4 Å². The Morgan fingerprint density at radius 2 is 1.37 bits per heavy atom. The zero-order chi connectivity index (χ0) is 91.4. The number of phenols is 3. The quantitative estimate of drug-likeness (QED) is 0.0474. The number of likely N-dealkylation sites (N-methyl/N-ethyl adjacent to an activating group) is 1. The number of aromatic nitrogens is 2. The van der Waals surface area contributed by atoms with E-state index in [2.05, 4.69) is 63.7 Å². The third-order valence-electron chi connectivity index (χ3n) is 21.5. The second kappa shape index (κ2) is 39.3. The monoisotopic (exact) mass is 1810 g/mol. The first-order valence-electron chi connectivity index (χ1n) is 39.3. The highest BCUT2D eigenvalue weighted by Crippen LogP contribution is 2.50. The number of anilines is 1. The van der Waals surface area contributed by atoms with Gasteiger partial charge in [-0.05, 0) is 139 Å². The van der Waals surface area contributed by atoms with Crippen LogP contribution in [0.15, 0.2) is 114 Å². The van der Waals surface area contributed by atoms with E-state index >= 15 is 24.0 Å². The number of nitrogens with zero attached hydrogens (tertiary/aromatic N) is 2. The Morgan fingerprint density at radius 3 is 1.99 bits per heavy atom. The minimum absolute atomic E-state index is 0.0692. The number of phenolic OH excluding ortho intramolecular Hbond substituents is 3. The number of fused-ring (bicyclic) bond motifs is 15. The number of ether oxygens (including phenoxy) is 6. The number of hydrazine groups is 1. The summed E-state index contributed by atoms with van der Waals surface area (Å²) < 4.78 is 54.6. The van der Waals surface area contributed by atoms with Gasteiger partial charge in [-0.15, -0.1) is 0 Å². The summed E-state index contributed by atoms with van der Waals surface area (Å²) in [6.45, 7) is 6.46. The molecular formula is C82H90Cl3FN14O26. The second-order valence-electron chi connectivity index (χ2n) is 31.1. The molecule has 2 fully saturated rings. The highest BCUT2D eigenvalue weighted by molar-refractivity contribution is 6.32. The number of hydrogen-bond acceptors (Lipinski definition) is 29. The predicted octanol–water partition coefficient (Wildman–Crippen LogP) is 1.05. The summed E-state index contributed by atoms with van der Waals surface area (Å²) in [5.41, 5.74) is 5.04. The number of hydrogen-bond donors (Lipinski definition) is 21. The topological polar surface area (TPSA) is 601 Å². The summed E-state index contributed by atoms with van der Waals surface area (Å²) in [5.74, 6) is -18.3. The first kappa shape index (κ1) is 93.2. The second-order valence-corrected chi connectivity index (χ2v) is 32.4. The van der Waals surface area contributed by atoms with Gasteiger partial charge in [0.25, 0.3) is 5.91 Å². The third kappa shape index (κ3) is 21.1. The number of primary amides is 1. The average Bonchev–Trinajstić information content (AvgIpc) is 0.764. The van der Waals surface area contributed by atoms with Crippen LogP contribution in [0.25, 0.3) is 11.1 Å². The molecule has 672 valence electrons. The van der Waals surface area contributed by atoms with Crippen LogP contribution in [-0.2, 0) is 75.1 Å². The van der Waals surface area contributed by atoms with Crippen LogP contribution >= 0.6 is 34.8 Å². The van der Waals surface area contributed by atoms with Crippen LogP contribution in [0, 0.1) is 11.7 Å². The molecule has 0 aliphatic carbocycles. The maximum absolute atomic E-state index is 16.3. The van der Waals surface area contributed by atoms with E-state index in [0.717, 1.165) is 85.8 Å². The Hall–Kier alpha value is -11.9. The number of aliphatic hydroxyl groups excluding tert-OH is 6. The molecule has 1 aromatic heterocycles. The molecule has 0 spiro atoms. The lowest BCUT2D eigenvalue weighted by Crippen LogP contribution is -2.65. The summed E-state index contributed by atoms with van der Waals surface area (Å²) in [6.07, 6.45) is -18.7. The van der Waals surface area contributed by atoms with Crippen LogP contribution < -0.4 is 84.3 Å². The van der Waals surface area contributed by atoms with E-state index in [1.165, 1.54) is 49.0 Å². The normalized spacial score (nSPS) is 25.8. The van der Waals surface area contributed by atoms with Crippen LogP contribution in [-0.4, -0.2) is 214 Å². The van der Waals surface area contributed by atoms with Crippen molar-refractivity contribution in [3.8, 4) is 57.1 Å². The van der Waals surface area contributed by atoms with Crippen LogP contribution in [0.3, 0.4) is 0 Å². The molecule has 0 saturated carbocycles. The molecule has 7 aromatic rings. The number of benzene rings is 6. The molecule has 126 heavy (non-hydrogen) atoms. The molecule has 0 radical (unpaired) electrons. The summed E-state index contributed by atoms with van der Waals surface area (Å²) in [6, 6.07) is 4.13. The van der Waals surface area contributed by atoms with Crippen molar-refractivity contribution >= 4 is 99.7 Å². The molecule has 11 bridgehead atoms. The van der Waals surface area contributed by atoms with Crippen molar-refractivity contribution < 1.29 is 127 Å². The number of rotatable bonds is 20. The van der Waals surface area contributed by atoms with Crippen molar-refractivity contribution in [3.05, 3.63) is 174 Å². The maximum atomic E-state index is 16.3. The maximum Gasteiger partial charge on any atom is 0.349 e. The number of aliphatic hydroxyl groups is 6. The van der Waals surface area contributed by atoms with Crippen LogP contribution in [0.5, 0.6) is 46.0 Å². The zero-order valence-corrected chi connectivity index (χ0v) is 70.0. The minimum Gasteiger partial charge on any atom is -0.508 e. The van der Waals surface area contributed by atoms with Crippen molar-refractivity contribution in [2.75, 3.05) is 25.5 Å². The van der Waals surface area contributed by atoms with Crippen molar-refractivity contribution in [1.82, 2.24) is 62.9 Å². The molecular weight excluding hydrogens is 1720 g/mol. The highest BCUT2D eigenvalue weighted by Gasteiger charge is 2.52. The molecule has 14 rings (SSSR count). The number of nitrogens with two attached hydrogens (primary N) is 1. The Morgan fingerprint density at radius 1 is 0.714 bits per heavy atom. The molecule has 8 heterocycles. The first-order chi connectivity index (χ1) is 59.7. The number of halogens is 4. The fourth-order valence-corrected chi connectivity index (χ4v) is 15.6. The van der Waals surface area contributed by atoms with Crippen LogP contribution in [0.4, 0.5) is 10.2 Å². The van der Waals surface area contributed by atoms with E-state index in [0.29, 0.717) is 5.56 Å². The first-order valence-corrected chi connectivity index (χ1v) is 40.4. The lowest BCUT2D eigenvalue weighted by Gasteiger charge is -2.48. The van der Waals surface area contributed by atoms with Crippen molar-refractivity contribution in [1.29, 1.82) is 0 Å². The molecule has 44 heteroatoms. The molecule has 7 aliphatic rings. The fourth-order valence-electron chi connectivity index (χ4n) is 15.0. The third-order valence-corrected chi connectivity index (χ3v) is 22.4. The number of amides is 10. The van der Waals surface area contributed by atoms with Gasteiger partial charge in [-0.2, -0.15) is 4.98 Å². The molecule has 7 aliphatic heterocycles. The molecule has 40 nitrogen and oxygen atoms in total. The largest absolute Gasteiger partial charge is 0.508 e. The van der Waals surface area contributed by atoms with Gasteiger partial charge in [0.05, 0.1) is 52.8 Å². The van der Waals surface area contributed by atoms with Gasteiger partial charge in [-0.3, -0.25) is 63.4 Å². The van der Waals surface area contributed by atoms with Gasteiger partial charge in [-0.25, -0.2) is 9.18 Å². The smallest absolute Gasteiger partial charge is 0.349 e. The van der Waals surface area contributed by atoms with Gasteiger partial charge in [0.2, 0.25) is 65.2 Å². The molecule has 6 aromatic carbocycles. The van der Waals surface area contributed by atoms with Gasteiger partial charge >= 0.3 is 5.69 Å².